The van der Waals surface area contributed by atoms with E-state index in [1.165, 1.54) is 18.2 Å². The third-order valence-electron chi connectivity index (χ3n) is 3.42. The summed E-state index contributed by atoms with van der Waals surface area (Å²) in [5.74, 6) is -1.95. The Morgan fingerprint density at radius 1 is 0.917 bits per heavy atom. The van der Waals surface area contributed by atoms with Crippen molar-refractivity contribution < 1.29 is 44.6 Å². The molecule has 3 rings (SSSR count). The Balaban J connectivity index is 0.00000208. The zero-order valence-electron chi connectivity index (χ0n) is 12.9. The predicted molar refractivity (Wildman–Crippen MR) is 85.4 cm³/mol. The standard InChI is InChI=1S/C17H13N3O3.Na/c18-13-8-9-14(11-5-2-1-4-10(11)13)19-20-15-7-3-6-12(16(15)21)17(22)23;/h1-9,21H,18H2,(H,22,23);/q;+1/p-1. The maximum Gasteiger partial charge on any atom is 1.00 e. The van der Waals surface area contributed by atoms with Crippen LogP contribution < -0.4 is 40.4 Å². The van der Waals surface area contributed by atoms with Crippen LogP contribution in [0.4, 0.5) is 17.1 Å². The Morgan fingerprint density at radius 3 is 2.29 bits per heavy atom. The van der Waals surface area contributed by atoms with Gasteiger partial charge in [0.1, 0.15) is 0 Å². The molecule has 0 aliphatic heterocycles. The van der Waals surface area contributed by atoms with E-state index in [0.29, 0.717) is 11.4 Å². The van der Waals surface area contributed by atoms with Gasteiger partial charge in [0.25, 0.3) is 0 Å². The van der Waals surface area contributed by atoms with Crippen LogP contribution in [0.3, 0.4) is 0 Å². The maximum atomic E-state index is 12.0. The molecule has 0 aromatic heterocycles. The summed E-state index contributed by atoms with van der Waals surface area (Å²) >= 11 is 0. The molecule has 0 heterocycles. The van der Waals surface area contributed by atoms with Gasteiger partial charge in [0.05, 0.1) is 16.9 Å². The number of anilines is 1. The van der Waals surface area contributed by atoms with Crippen molar-refractivity contribution in [1.29, 1.82) is 0 Å². The second-order valence-corrected chi connectivity index (χ2v) is 4.88. The van der Waals surface area contributed by atoms with Gasteiger partial charge in [-0.3, -0.25) is 0 Å². The predicted octanol–water partition coefficient (Wildman–Crippen LogP) is 0.613. The summed E-state index contributed by atoms with van der Waals surface area (Å²) in [5.41, 5.74) is 6.74. The molecule has 7 heteroatoms. The number of nitrogen functional groups attached to an aromatic ring is 1. The van der Waals surface area contributed by atoms with Crippen LogP contribution in [-0.2, 0) is 0 Å². The van der Waals surface area contributed by atoms with Gasteiger partial charge >= 0.3 is 35.5 Å². The van der Waals surface area contributed by atoms with Crippen molar-refractivity contribution in [2.45, 2.75) is 0 Å². The minimum absolute atomic E-state index is 0. The monoisotopic (exact) mass is 329 g/mol. The normalized spacial score (nSPS) is 10.7. The smallest absolute Gasteiger partial charge is 0.870 e. The van der Waals surface area contributed by atoms with Gasteiger partial charge in [0.2, 0.25) is 0 Å². The molecule has 3 N–H and O–H groups in total. The van der Waals surface area contributed by atoms with Gasteiger partial charge in [0, 0.05) is 16.5 Å². The van der Waals surface area contributed by atoms with E-state index in [0.717, 1.165) is 10.8 Å². The number of azo groups is 1. The number of hydrogen-bond donors (Lipinski definition) is 2. The van der Waals surface area contributed by atoms with Gasteiger partial charge in [-0.2, -0.15) is 5.11 Å². The molecule has 0 spiro atoms. The SMILES string of the molecule is Nc1ccc(N=Nc2cccc(C(=O)O)c2[O-])c2ccccc12.[Na+]. The second-order valence-electron chi connectivity index (χ2n) is 4.88. The topological polar surface area (TPSA) is 111 Å². The average molecular weight is 329 g/mol. The first-order valence-corrected chi connectivity index (χ1v) is 6.80. The van der Waals surface area contributed by atoms with E-state index in [2.05, 4.69) is 10.2 Å². The van der Waals surface area contributed by atoms with Crippen molar-refractivity contribution >= 4 is 33.8 Å². The van der Waals surface area contributed by atoms with E-state index in [1.54, 1.807) is 12.1 Å². The number of para-hydroxylation sites is 1. The van der Waals surface area contributed by atoms with Crippen LogP contribution in [0.2, 0.25) is 0 Å². The number of carboxylic acid groups (broad SMARTS) is 1. The summed E-state index contributed by atoms with van der Waals surface area (Å²) in [4.78, 5) is 11.0. The summed E-state index contributed by atoms with van der Waals surface area (Å²) in [5, 5.41) is 30.6. The van der Waals surface area contributed by atoms with Crippen molar-refractivity contribution in [3.05, 3.63) is 60.2 Å². The Bertz CT molecular complexity index is 942. The van der Waals surface area contributed by atoms with Crippen LogP contribution in [0, 0.1) is 0 Å². The first kappa shape index (κ1) is 17.9. The quantitative estimate of drug-likeness (QED) is 0.417. The van der Waals surface area contributed by atoms with Gasteiger partial charge < -0.3 is 15.9 Å². The van der Waals surface area contributed by atoms with Crippen molar-refractivity contribution in [2.24, 2.45) is 10.2 Å². The third kappa shape index (κ3) is 3.41. The van der Waals surface area contributed by atoms with E-state index in [9.17, 15) is 9.90 Å². The molecule has 0 atom stereocenters. The van der Waals surface area contributed by atoms with Gasteiger partial charge in [-0.05, 0) is 24.3 Å². The minimum atomic E-state index is -1.29. The molecule has 0 amide bonds. The number of benzene rings is 3. The van der Waals surface area contributed by atoms with Crippen molar-refractivity contribution in [3.63, 3.8) is 0 Å². The van der Waals surface area contributed by atoms with E-state index in [-0.39, 0.29) is 40.8 Å². The molecule has 6 nitrogen and oxygen atoms in total. The molecule has 3 aromatic carbocycles. The van der Waals surface area contributed by atoms with E-state index in [4.69, 9.17) is 10.8 Å². The zero-order chi connectivity index (χ0) is 16.4. The summed E-state index contributed by atoms with van der Waals surface area (Å²) < 4.78 is 0. The summed E-state index contributed by atoms with van der Waals surface area (Å²) in [6.45, 7) is 0. The van der Waals surface area contributed by atoms with Crippen LogP contribution in [0.5, 0.6) is 5.75 Å². The van der Waals surface area contributed by atoms with E-state index in [1.807, 2.05) is 24.3 Å². The molecule has 114 valence electrons. The molecule has 0 saturated carbocycles. The van der Waals surface area contributed by atoms with Crippen molar-refractivity contribution in [2.75, 3.05) is 5.73 Å². The number of nitrogens with two attached hydrogens (primary N) is 1. The van der Waals surface area contributed by atoms with Crippen LogP contribution in [0.1, 0.15) is 10.4 Å². The summed E-state index contributed by atoms with van der Waals surface area (Å²) in [6.07, 6.45) is 0. The molecule has 0 unspecified atom stereocenters. The van der Waals surface area contributed by atoms with E-state index >= 15 is 0 Å². The first-order chi connectivity index (χ1) is 11.1. The van der Waals surface area contributed by atoms with Crippen molar-refractivity contribution in [1.82, 2.24) is 0 Å². The molecular formula is C17H12N3NaO3. The molecule has 0 radical (unpaired) electrons. The Labute approximate surface area is 159 Å². The molecule has 0 bridgehead atoms. The molecule has 0 aliphatic rings. The van der Waals surface area contributed by atoms with Crippen LogP contribution >= 0.6 is 0 Å². The number of aromatic carboxylic acids is 1. The summed E-state index contributed by atoms with van der Waals surface area (Å²) in [7, 11) is 0. The molecule has 24 heavy (non-hydrogen) atoms. The Hall–Kier alpha value is -2.41. The second kappa shape index (κ2) is 7.44. The Morgan fingerprint density at radius 2 is 1.58 bits per heavy atom. The number of carboxylic acids is 1. The maximum absolute atomic E-state index is 12.0. The Kier molecular flexibility index (Phi) is 5.56. The van der Waals surface area contributed by atoms with Gasteiger partial charge in [-0.15, -0.1) is 5.11 Å². The van der Waals surface area contributed by atoms with Crippen molar-refractivity contribution in [3.8, 4) is 5.75 Å². The number of hydrogen-bond acceptors (Lipinski definition) is 5. The molecule has 3 aromatic rings. The number of nitrogens with zero attached hydrogens (tertiary/aromatic N) is 2. The largest absolute Gasteiger partial charge is 1.00 e. The third-order valence-corrected chi connectivity index (χ3v) is 3.42. The van der Waals surface area contributed by atoms with Gasteiger partial charge in [-0.25, -0.2) is 4.79 Å². The molecule has 0 saturated heterocycles. The molecule has 0 fully saturated rings. The van der Waals surface area contributed by atoms with Gasteiger partial charge in [-0.1, -0.05) is 36.1 Å². The van der Waals surface area contributed by atoms with Crippen LogP contribution in [-0.4, -0.2) is 11.1 Å². The fourth-order valence-electron chi connectivity index (χ4n) is 2.27. The van der Waals surface area contributed by atoms with E-state index < -0.39 is 11.7 Å². The number of carbonyl (C=O) groups is 1. The van der Waals surface area contributed by atoms with Gasteiger partial charge in [0.15, 0.2) is 0 Å². The van der Waals surface area contributed by atoms with Crippen LogP contribution in [0.25, 0.3) is 10.8 Å². The fourth-order valence-corrected chi connectivity index (χ4v) is 2.27. The summed E-state index contributed by atoms with van der Waals surface area (Å²) in [6, 6.07) is 15.0. The molecular weight excluding hydrogens is 317 g/mol. The zero-order valence-corrected chi connectivity index (χ0v) is 14.9. The average Bonchev–Trinajstić information content (AvgIpc) is 2.55. The minimum Gasteiger partial charge on any atom is -0.870 e. The number of fused-ring (bicyclic) bond motifs is 1. The molecule has 0 aliphatic carbocycles. The fraction of sp³-hybridized carbons (Fsp3) is 0. The number of rotatable bonds is 3. The van der Waals surface area contributed by atoms with Crippen LogP contribution in [0.15, 0.2) is 64.8 Å². The first-order valence-electron chi connectivity index (χ1n) is 6.80.